The van der Waals surface area contributed by atoms with Crippen LogP contribution in [0.25, 0.3) is 6.08 Å². The highest BCUT2D eigenvalue weighted by Crippen LogP contribution is 2.38. The van der Waals surface area contributed by atoms with Crippen LogP contribution < -0.4 is 0 Å². The van der Waals surface area contributed by atoms with E-state index in [9.17, 15) is 9.90 Å². The molecule has 3 rings (SSSR count). The molecule has 6 nitrogen and oxygen atoms in total. The van der Waals surface area contributed by atoms with Gasteiger partial charge in [0.1, 0.15) is 6.04 Å². The summed E-state index contributed by atoms with van der Waals surface area (Å²) >= 11 is 0. The van der Waals surface area contributed by atoms with Crippen LogP contribution in [0.15, 0.2) is 40.9 Å². The fourth-order valence-corrected chi connectivity index (χ4v) is 2.33. The van der Waals surface area contributed by atoms with Gasteiger partial charge in [0, 0.05) is 5.92 Å². The summed E-state index contributed by atoms with van der Waals surface area (Å²) in [6.07, 6.45) is 5.66. The largest absolute Gasteiger partial charge is 0.480 e. The maximum Gasteiger partial charge on any atom is 0.324 e. The van der Waals surface area contributed by atoms with E-state index in [1.165, 1.54) is 0 Å². The van der Waals surface area contributed by atoms with Crippen LogP contribution in [-0.2, 0) is 11.3 Å². The minimum absolute atomic E-state index is 0.326. The number of carbonyl (C=O) groups is 1. The van der Waals surface area contributed by atoms with Crippen molar-refractivity contribution in [1.82, 2.24) is 15.0 Å². The van der Waals surface area contributed by atoms with Crippen molar-refractivity contribution in [2.24, 2.45) is 0 Å². The number of carboxylic acids is 1. The Morgan fingerprint density at radius 2 is 2.17 bits per heavy atom. The summed E-state index contributed by atoms with van der Waals surface area (Å²) in [6, 6.07) is 8.85. The van der Waals surface area contributed by atoms with E-state index in [-0.39, 0.29) is 0 Å². The van der Waals surface area contributed by atoms with Crippen molar-refractivity contribution < 1.29 is 14.4 Å². The third-order valence-electron chi connectivity index (χ3n) is 3.80. The highest BCUT2D eigenvalue weighted by molar-refractivity contribution is 5.77. The third-order valence-corrected chi connectivity index (χ3v) is 3.80. The van der Waals surface area contributed by atoms with Gasteiger partial charge in [-0.3, -0.25) is 9.69 Å². The predicted octanol–water partition coefficient (Wildman–Crippen LogP) is 2.55. The van der Waals surface area contributed by atoms with E-state index < -0.39 is 12.0 Å². The smallest absolute Gasteiger partial charge is 0.324 e. The molecule has 1 aromatic heterocycles. The van der Waals surface area contributed by atoms with E-state index in [2.05, 4.69) is 10.1 Å². The molecule has 0 amide bonds. The molecule has 0 radical (unpaired) electrons. The lowest BCUT2D eigenvalue weighted by atomic mass is 10.1. The number of rotatable bonds is 7. The first kappa shape index (κ1) is 15.4. The van der Waals surface area contributed by atoms with E-state index >= 15 is 0 Å². The quantitative estimate of drug-likeness (QED) is 0.846. The molecule has 0 aliphatic heterocycles. The minimum atomic E-state index is -0.911. The van der Waals surface area contributed by atoms with Gasteiger partial charge in [0.25, 0.3) is 0 Å². The van der Waals surface area contributed by atoms with Crippen LogP contribution in [0.4, 0.5) is 0 Å². The van der Waals surface area contributed by atoms with Crippen LogP contribution in [0.3, 0.4) is 0 Å². The molecule has 1 N–H and O–H groups in total. The van der Waals surface area contributed by atoms with Gasteiger partial charge in [0.2, 0.25) is 5.89 Å². The van der Waals surface area contributed by atoms with Crippen molar-refractivity contribution in [2.45, 2.75) is 31.3 Å². The zero-order valence-corrected chi connectivity index (χ0v) is 12.9. The Balaban J connectivity index is 1.66. The summed E-state index contributed by atoms with van der Waals surface area (Å²) in [5, 5.41) is 13.4. The van der Waals surface area contributed by atoms with Crippen LogP contribution in [-0.4, -0.2) is 39.2 Å². The Bertz CT molecular complexity index is 692. The molecular weight excluding hydrogens is 294 g/mol. The summed E-state index contributed by atoms with van der Waals surface area (Å²) in [4.78, 5) is 17.5. The van der Waals surface area contributed by atoms with E-state index in [0.717, 1.165) is 18.4 Å². The van der Waals surface area contributed by atoms with Crippen LogP contribution >= 0.6 is 0 Å². The van der Waals surface area contributed by atoms with Crippen molar-refractivity contribution in [1.29, 1.82) is 0 Å². The topological polar surface area (TPSA) is 79.5 Å². The molecule has 1 saturated carbocycles. The van der Waals surface area contributed by atoms with Crippen molar-refractivity contribution >= 4 is 12.0 Å². The Hall–Kier alpha value is -2.47. The highest BCUT2D eigenvalue weighted by atomic mass is 16.5. The van der Waals surface area contributed by atoms with Gasteiger partial charge in [0.05, 0.1) is 6.54 Å². The lowest BCUT2D eigenvalue weighted by Crippen LogP contribution is -2.36. The summed E-state index contributed by atoms with van der Waals surface area (Å²) in [7, 11) is 1.74. The van der Waals surface area contributed by atoms with Gasteiger partial charge in [-0.25, -0.2) is 0 Å². The van der Waals surface area contributed by atoms with Gasteiger partial charge in [0.15, 0.2) is 5.82 Å². The Morgan fingerprint density at radius 3 is 2.83 bits per heavy atom. The molecule has 1 aliphatic carbocycles. The molecule has 0 bridgehead atoms. The summed E-state index contributed by atoms with van der Waals surface area (Å²) in [5.41, 5.74) is 0.961. The molecule has 120 valence electrons. The van der Waals surface area contributed by atoms with Crippen LogP contribution in [0.2, 0.25) is 0 Å². The fourth-order valence-electron chi connectivity index (χ4n) is 2.33. The number of nitrogens with zero attached hydrogens (tertiary/aromatic N) is 3. The number of hydrogen-bond donors (Lipinski definition) is 1. The van der Waals surface area contributed by atoms with Crippen molar-refractivity contribution in [3.8, 4) is 0 Å². The molecular formula is C17H19N3O3. The second kappa shape index (κ2) is 6.75. The first-order valence-electron chi connectivity index (χ1n) is 7.62. The van der Waals surface area contributed by atoms with Gasteiger partial charge in [-0.2, -0.15) is 4.98 Å². The second-order valence-corrected chi connectivity index (χ2v) is 5.79. The monoisotopic (exact) mass is 313 g/mol. The number of aromatic nitrogens is 2. The van der Waals surface area contributed by atoms with Crippen LogP contribution in [0.1, 0.15) is 36.0 Å². The van der Waals surface area contributed by atoms with E-state index in [4.69, 9.17) is 4.52 Å². The fraction of sp³-hybridized carbons (Fsp3) is 0.353. The molecule has 6 heteroatoms. The molecule has 1 aliphatic rings. The summed E-state index contributed by atoms with van der Waals surface area (Å²) in [5.74, 6) is 0.675. The van der Waals surface area contributed by atoms with E-state index in [0.29, 0.717) is 24.2 Å². The predicted molar refractivity (Wildman–Crippen MR) is 84.6 cm³/mol. The molecule has 1 heterocycles. The van der Waals surface area contributed by atoms with Gasteiger partial charge in [-0.15, -0.1) is 0 Å². The zero-order chi connectivity index (χ0) is 16.2. The number of carboxylic acid groups (broad SMARTS) is 1. The molecule has 1 fully saturated rings. The van der Waals surface area contributed by atoms with E-state index in [1.807, 2.05) is 30.3 Å². The lowest BCUT2D eigenvalue weighted by Gasteiger charge is -2.20. The lowest BCUT2D eigenvalue weighted by molar-refractivity contribution is -0.141. The highest BCUT2D eigenvalue weighted by Gasteiger charge is 2.30. The number of likely N-dealkylation sites (N-methyl/N-ethyl adjacent to an activating group) is 1. The summed E-state index contributed by atoms with van der Waals surface area (Å²) < 4.78 is 5.21. The average Bonchev–Trinajstić information content (AvgIpc) is 3.28. The number of benzene rings is 1. The van der Waals surface area contributed by atoms with Crippen molar-refractivity contribution in [3.05, 3.63) is 53.7 Å². The third kappa shape index (κ3) is 4.04. The first-order chi connectivity index (χ1) is 11.1. The van der Waals surface area contributed by atoms with Gasteiger partial charge >= 0.3 is 5.97 Å². The minimum Gasteiger partial charge on any atom is -0.480 e. The summed E-state index contributed by atoms with van der Waals surface area (Å²) in [6.45, 7) is 0.326. The molecule has 1 atom stereocenters. The van der Waals surface area contributed by atoms with Gasteiger partial charge < -0.3 is 9.63 Å². The SMILES string of the molecule is CN(Cc1noc(C2CC2)n1)C(C=Cc1ccccc1)C(=O)O. The number of aliphatic carboxylic acids is 1. The average molecular weight is 313 g/mol. The van der Waals surface area contributed by atoms with Crippen molar-refractivity contribution in [2.75, 3.05) is 7.05 Å². The maximum atomic E-state index is 11.5. The van der Waals surface area contributed by atoms with E-state index in [1.54, 1.807) is 24.1 Å². The standard InChI is InChI=1S/C17H19N3O3/c1-20(11-15-18-16(23-19-15)13-8-9-13)14(17(21)22)10-7-12-5-3-2-4-6-12/h2-7,10,13-14H,8-9,11H2,1H3,(H,21,22). The Morgan fingerprint density at radius 1 is 1.43 bits per heavy atom. The molecule has 1 aromatic carbocycles. The number of hydrogen-bond acceptors (Lipinski definition) is 5. The van der Waals surface area contributed by atoms with Gasteiger partial charge in [-0.1, -0.05) is 47.6 Å². The first-order valence-corrected chi connectivity index (χ1v) is 7.62. The molecule has 1 unspecified atom stereocenters. The maximum absolute atomic E-state index is 11.5. The molecule has 23 heavy (non-hydrogen) atoms. The normalized spacial score (nSPS) is 16.1. The van der Waals surface area contributed by atoms with Crippen molar-refractivity contribution in [3.63, 3.8) is 0 Å². The Labute approximate surface area is 134 Å². The zero-order valence-electron chi connectivity index (χ0n) is 12.9. The molecule has 0 saturated heterocycles. The Kier molecular flexibility index (Phi) is 4.52. The second-order valence-electron chi connectivity index (χ2n) is 5.79. The van der Waals surface area contributed by atoms with Gasteiger partial charge in [-0.05, 0) is 25.5 Å². The van der Waals surface area contributed by atoms with Crippen LogP contribution in [0.5, 0.6) is 0 Å². The molecule has 0 spiro atoms. The van der Waals surface area contributed by atoms with Crippen LogP contribution in [0, 0.1) is 0 Å². The molecule has 2 aromatic rings.